The number of thiophene rings is 1. The van der Waals surface area contributed by atoms with Crippen LogP contribution in [0.2, 0.25) is 0 Å². The lowest BCUT2D eigenvalue weighted by atomic mass is 9.86. The molecular weight excluding hydrogens is 434 g/mol. The summed E-state index contributed by atoms with van der Waals surface area (Å²) in [6.45, 7) is 12.8. The maximum Gasteiger partial charge on any atom is 0.324 e. The van der Waals surface area contributed by atoms with Crippen molar-refractivity contribution in [2.75, 3.05) is 11.9 Å². The molecule has 9 heteroatoms. The van der Waals surface area contributed by atoms with E-state index in [4.69, 9.17) is 4.74 Å². The molecule has 0 unspecified atom stereocenters. The molecule has 0 saturated heterocycles. The van der Waals surface area contributed by atoms with Gasteiger partial charge < -0.3 is 4.74 Å². The Labute approximate surface area is 188 Å². The summed E-state index contributed by atoms with van der Waals surface area (Å²) < 4.78 is 5.59. The molecular formula is C22H23N3O4S2. The van der Waals surface area contributed by atoms with Crippen molar-refractivity contribution in [3.05, 3.63) is 68.4 Å². The van der Waals surface area contributed by atoms with Gasteiger partial charge in [-0.05, 0) is 24.0 Å². The van der Waals surface area contributed by atoms with E-state index in [2.05, 4.69) is 49.8 Å². The number of hydrogen-bond donors (Lipinski definition) is 1. The predicted octanol–water partition coefficient (Wildman–Crippen LogP) is 6.34. The molecule has 7 nitrogen and oxygen atoms in total. The van der Waals surface area contributed by atoms with E-state index in [1.165, 1.54) is 29.0 Å². The summed E-state index contributed by atoms with van der Waals surface area (Å²) in [7, 11) is 0. The quantitative estimate of drug-likeness (QED) is 0.254. The average Bonchev–Trinajstić information content (AvgIpc) is 3.35. The molecule has 0 fully saturated rings. The second kappa shape index (κ2) is 8.99. The fraction of sp³-hybridized carbons (Fsp3) is 0.273. The lowest BCUT2D eigenvalue weighted by molar-refractivity contribution is -0.380. The largest absolute Gasteiger partial charge is 0.493 e. The Hall–Kier alpha value is -3.04. The van der Waals surface area contributed by atoms with Crippen molar-refractivity contribution in [2.45, 2.75) is 33.1 Å². The Kier molecular flexibility index (Phi) is 6.56. The van der Waals surface area contributed by atoms with Gasteiger partial charge in [-0.25, -0.2) is 4.98 Å². The molecule has 3 rings (SSSR count). The van der Waals surface area contributed by atoms with Crippen LogP contribution in [0.15, 0.2) is 43.0 Å². The molecule has 1 N–H and O–H groups in total. The Morgan fingerprint density at radius 1 is 1.19 bits per heavy atom. The second-order valence-corrected chi connectivity index (χ2v) is 9.79. The van der Waals surface area contributed by atoms with Gasteiger partial charge in [-0.2, -0.15) is 0 Å². The van der Waals surface area contributed by atoms with Crippen molar-refractivity contribution in [1.82, 2.24) is 4.98 Å². The number of amides is 1. The van der Waals surface area contributed by atoms with Crippen LogP contribution in [0, 0.1) is 10.1 Å². The van der Waals surface area contributed by atoms with E-state index in [9.17, 15) is 14.9 Å². The molecule has 0 radical (unpaired) electrons. The third kappa shape index (κ3) is 5.18. The summed E-state index contributed by atoms with van der Waals surface area (Å²) in [5.41, 5.74) is 2.77. The maximum atomic E-state index is 12.5. The molecule has 0 atom stereocenters. The molecule has 1 amide bonds. The summed E-state index contributed by atoms with van der Waals surface area (Å²) in [6, 6.07) is 10.8. The Bertz CT molecular complexity index is 1120. The second-order valence-electron chi connectivity index (χ2n) is 7.73. The third-order valence-electron chi connectivity index (χ3n) is 4.44. The molecule has 0 spiro atoms. The van der Waals surface area contributed by atoms with Crippen LogP contribution in [-0.4, -0.2) is 22.4 Å². The van der Waals surface area contributed by atoms with Crippen molar-refractivity contribution in [3.63, 3.8) is 0 Å². The molecule has 1 aromatic carbocycles. The summed E-state index contributed by atoms with van der Waals surface area (Å²) in [6.07, 6.45) is 0. The average molecular weight is 458 g/mol. The number of anilines is 1. The zero-order chi connectivity index (χ0) is 22.8. The highest BCUT2D eigenvalue weighted by molar-refractivity contribution is 7.18. The van der Waals surface area contributed by atoms with E-state index in [1.807, 2.05) is 19.1 Å². The lowest BCUT2D eigenvalue weighted by Gasteiger charge is -2.19. The van der Waals surface area contributed by atoms with Crippen LogP contribution in [0.4, 0.5) is 10.1 Å². The monoisotopic (exact) mass is 457 g/mol. The molecule has 162 valence electrons. The third-order valence-corrected chi connectivity index (χ3v) is 6.49. The minimum Gasteiger partial charge on any atom is -0.493 e. The van der Waals surface area contributed by atoms with Gasteiger partial charge in [-0.1, -0.05) is 74.3 Å². The van der Waals surface area contributed by atoms with Crippen molar-refractivity contribution in [3.8, 4) is 11.3 Å². The number of carbonyl (C=O) groups excluding carboxylic acids is 1. The molecule has 3 aromatic rings. The number of thiazole rings is 1. The Morgan fingerprint density at radius 3 is 2.42 bits per heavy atom. The maximum absolute atomic E-state index is 12.5. The van der Waals surface area contributed by atoms with E-state index < -0.39 is 10.8 Å². The standard InChI is InChI=1S/C22H23N3O4S2/c1-6-29-13(2)19-18(14-7-9-15(10-8-14)22(3,4)5)23-21(31-19)24-20(26)16-11-12-17(30-16)25(27)28/h7-12H,2,6H2,1,3-5H3,(H,23,24,26). The van der Waals surface area contributed by atoms with E-state index in [1.54, 1.807) is 0 Å². The van der Waals surface area contributed by atoms with Gasteiger partial charge in [-0.15, -0.1) is 0 Å². The van der Waals surface area contributed by atoms with Gasteiger partial charge in [0.25, 0.3) is 5.91 Å². The smallest absolute Gasteiger partial charge is 0.324 e. The normalized spacial score (nSPS) is 11.2. The van der Waals surface area contributed by atoms with Gasteiger partial charge in [0.15, 0.2) is 5.13 Å². The van der Waals surface area contributed by atoms with Crippen molar-refractivity contribution in [1.29, 1.82) is 0 Å². The highest BCUT2D eigenvalue weighted by Crippen LogP contribution is 2.37. The fourth-order valence-electron chi connectivity index (χ4n) is 2.83. The topological polar surface area (TPSA) is 94.4 Å². The van der Waals surface area contributed by atoms with Crippen LogP contribution in [0.5, 0.6) is 0 Å². The molecule has 2 heterocycles. The Morgan fingerprint density at radius 2 is 1.87 bits per heavy atom. The summed E-state index contributed by atoms with van der Waals surface area (Å²) in [5, 5.41) is 13.9. The van der Waals surface area contributed by atoms with E-state index in [-0.39, 0.29) is 15.3 Å². The summed E-state index contributed by atoms with van der Waals surface area (Å²) >= 11 is 2.07. The fourth-order valence-corrected chi connectivity index (χ4v) is 4.46. The number of nitrogens with one attached hydrogen (secondary N) is 1. The van der Waals surface area contributed by atoms with E-state index >= 15 is 0 Å². The number of ether oxygens (including phenoxy) is 1. The number of nitrogens with zero attached hydrogens (tertiary/aromatic N) is 2. The van der Waals surface area contributed by atoms with Gasteiger partial charge in [0.05, 0.1) is 27.0 Å². The van der Waals surface area contributed by atoms with Gasteiger partial charge in [-0.3, -0.25) is 20.2 Å². The first-order valence-electron chi connectivity index (χ1n) is 9.59. The SMILES string of the molecule is C=C(OCC)c1sc(NC(=O)c2ccc([N+](=O)[O-])s2)nc1-c1ccc(C(C)(C)C)cc1. The number of hydrogen-bond acceptors (Lipinski definition) is 7. The highest BCUT2D eigenvalue weighted by atomic mass is 32.1. The number of rotatable bonds is 7. The van der Waals surface area contributed by atoms with Crippen LogP contribution in [-0.2, 0) is 10.2 Å². The predicted molar refractivity (Wildman–Crippen MR) is 126 cm³/mol. The van der Waals surface area contributed by atoms with Crippen LogP contribution in [0.25, 0.3) is 17.0 Å². The van der Waals surface area contributed by atoms with E-state index in [0.717, 1.165) is 21.8 Å². The first-order chi connectivity index (χ1) is 14.6. The first kappa shape index (κ1) is 22.6. The number of carbonyl (C=O) groups is 1. The first-order valence-corrected chi connectivity index (χ1v) is 11.2. The van der Waals surface area contributed by atoms with E-state index in [0.29, 0.717) is 23.2 Å². The zero-order valence-electron chi connectivity index (χ0n) is 17.7. The summed E-state index contributed by atoms with van der Waals surface area (Å²) in [4.78, 5) is 28.5. The summed E-state index contributed by atoms with van der Waals surface area (Å²) in [5.74, 6) is 0.0252. The van der Waals surface area contributed by atoms with Gasteiger partial charge in [0.2, 0.25) is 0 Å². The van der Waals surface area contributed by atoms with Crippen LogP contribution < -0.4 is 5.32 Å². The lowest BCUT2D eigenvalue weighted by Crippen LogP contribution is -2.10. The molecule has 31 heavy (non-hydrogen) atoms. The van der Waals surface area contributed by atoms with Crippen molar-refractivity contribution in [2.24, 2.45) is 0 Å². The Balaban J connectivity index is 1.93. The van der Waals surface area contributed by atoms with Crippen LogP contribution in [0.1, 0.15) is 47.8 Å². The number of aromatic nitrogens is 1. The van der Waals surface area contributed by atoms with Crippen molar-refractivity contribution >= 4 is 44.5 Å². The molecule has 0 aliphatic carbocycles. The zero-order valence-corrected chi connectivity index (χ0v) is 19.4. The van der Waals surface area contributed by atoms with Crippen molar-refractivity contribution < 1.29 is 14.5 Å². The van der Waals surface area contributed by atoms with Gasteiger partial charge in [0, 0.05) is 11.6 Å². The molecule has 0 bridgehead atoms. The highest BCUT2D eigenvalue weighted by Gasteiger charge is 2.21. The minimum absolute atomic E-state index is 0.0286. The van der Waals surface area contributed by atoms with Crippen LogP contribution in [0.3, 0.4) is 0 Å². The minimum atomic E-state index is -0.519. The molecule has 0 saturated carbocycles. The molecule has 0 aliphatic rings. The number of benzene rings is 1. The van der Waals surface area contributed by atoms with Crippen LogP contribution >= 0.6 is 22.7 Å². The number of nitro groups is 1. The molecule has 0 aliphatic heterocycles. The van der Waals surface area contributed by atoms with Gasteiger partial charge in [0.1, 0.15) is 5.76 Å². The van der Waals surface area contributed by atoms with Gasteiger partial charge >= 0.3 is 5.00 Å². The molecule has 2 aromatic heterocycles.